The van der Waals surface area contributed by atoms with Gasteiger partial charge in [-0.25, -0.2) is 0 Å². The first kappa shape index (κ1) is 16.6. The van der Waals surface area contributed by atoms with Crippen molar-refractivity contribution in [3.8, 4) is 17.1 Å². The van der Waals surface area contributed by atoms with Crippen molar-refractivity contribution in [2.24, 2.45) is 0 Å². The summed E-state index contributed by atoms with van der Waals surface area (Å²) >= 11 is 1.54. The summed E-state index contributed by atoms with van der Waals surface area (Å²) < 4.78 is 6.12. The van der Waals surface area contributed by atoms with E-state index in [0.29, 0.717) is 16.7 Å². The molecular formula is C20H18N4OS. The Morgan fingerprint density at radius 1 is 1.08 bits per heavy atom. The van der Waals surface area contributed by atoms with Gasteiger partial charge < -0.3 is 10.1 Å². The van der Waals surface area contributed by atoms with Crippen LogP contribution in [0.3, 0.4) is 0 Å². The van der Waals surface area contributed by atoms with E-state index in [-0.39, 0.29) is 6.23 Å². The maximum absolute atomic E-state index is 6.12. The molecule has 0 radical (unpaired) electrons. The van der Waals surface area contributed by atoms with Gasteiger partial charge in [0.2, 0.25) is 11.0 Å². The van der Waals surface area contributed by atoms with Gasteiger partial charge in [0.05, 0.1) is 0 Å². The van der Waals surface area contributed by atoms with Crippen LogP contribution in [0.1, 0.15) is 12.5 Å². The zero-order valence-electron chi connectivity index (χ0n) is 14.3. The predicted molar refractivity (Wildman–Crippen MR) is 105 cm³/mol. The number of anilines is 1. The molecule has 0 fully saturated rings. The number of nitrogens with one attached hydrogen (secondary N) is 1. The number of ether oxygens (including phenoxy) is 1. The monoisotopic (exact) mass is 362 g/mol. The van der Waals surface area contributed by atoms with Crippen LogP contribution in [0.15, 0.2) is 65.8 Å². The SMILES string of the molecule is CCSc1nnc2c(n1)O[C@@H](C=Cc1ccccc1)Nc1ccccc1-2. The maximum Gasteiger partial charge on any atom is 0.247 e. The number of nitrogens with zero attached hydrogens (tertiary/aromatic N) is 3. The summed E-state index contributed by atoms with van der Waals surface area (Å²) in [5, 5.41) is 12.6. The van der Waals surface area contributed by atoms with E-state index in [0.717, 1.165) is 22.6 Å². The van der Waals surface area contributed by atoms with Crippen molar-refractivity contribution in [2.45, 2.75) is 18.3 Å². The van der Waals surface area contributed by atoms with Crippen LogP contribution >= 0.6 is 11.8 Å². The summed E-state index contributed by atoms with van der Waals surface area (Å²) in [7, 11) is 0. The van der Waals surface area contributed by atoms with Crippen LogP contribution in [0.25, 0.3) is 17.3 Å². The van der Waals surface area contributed by atoms with E-state index in [1.165, 1.54) is 0 Å². The summed E-state index contributed by atoms with van der Waals surface area (Å²) in [6.07, 6.45) is 3.66. The molecule has 1 aliphatic heterocycles. The Morgan fingerprint density at radius 3 is 2.73 bits per heavy atom. The molecule has 0 aliphatic carbocycles. The molecule has 130 valence electrons. The normalized spacial score (nSPS) is 15.5. The van der Waals surface area contributed by atoms with Crippen LogP contribution in [0.2, 0.25) is 0 Å². The number of hydrogen-bond acceptors (Lipinski definition) is 6. The highest BCUT2D eigenvalue weighted by Crippen LogP contribution is 2.36. The molecule has 2 aromatic carbocycles. The molecule has 0 saturated carbocycles. The second-order valence-corrected chi connectivity index (χ2v) is 6.91. The number of benzene rings is 2. The Balaban J connectivity index is 1.72. The van der Waals surface area contributed by atoms with Gasteiger partial charge in [-0.2, -0.15) is 4.98 Å². The zero-order chi connectivity index (χ0) is 17.8. The Kier molecular flexibility index (Phi) is 4.84. The van der Waals surface area contributed by atoms with Crippen molar-refractivity contribution in [3.05, 3.63) is 66.2 Å². The van der Waals surface area contributed by atoms with Gasteiger partial charge in [0, 0.05) is 11.3 Å². The fraction of sp³-hybridized carbons (Fsp3) is 0.150. The van der Waals surface area contributed by atoms with Crippen LogP contribution in [0, 0.1) is 0 Å². The van der Waals surface area contributed by atoms with Gasteiger partial charge in [0.15, 0.2) is 11.9 Å². The van der Waals surface area contributed by atoms with Gasteiger partial charge in [0.1, 0.15) is 0 Å². The Bertz CT molecular complexity index is 930. The average molecular weight is 362 g/mol. The number of para-hydroxylation sites is 1. The van der Waals surface area contributed by atoms with Gasteiger partial charge in [-0.05, 0) is 23.5 Å². The topological polar surface area (TPSA) is 59.9 Å². The van der Waals surface area contributed by atoms with E-state index in [4.69, 9.17) is 4.74 Å². The largest absolute Gasteiger partial charge is 0.448 e. The lowest BCUT2D eigenvalue weighted by Crippen LogP contribution is -2.23. The number of aromatic nitrogens is 3. The zero-order valence-corrected chi connectivity index (χ0v) is 15.1. The molecule has 6 heteroatoms. The van der Waals surface area contributed by atoms with Crippen LogP contribution < -0.4 is 10.1 Å². The second kappa shape index (κ2) is 7.58. The molecule has 0 saturated heterocycles. The lowest BCUT2D eigenvalue weighted by Gasteiger charge is -2.15. The number of thioether (sulfide) groups is 1. The number of hydrogen-bond donors (Lipinski definition) is 1. The molecule has 1 atom stereocenters. The van der Waals surface area contributed by atoms with Crippen LogP contribution in [0.5, 0.6) is 5.88 Å². The molecule has 0 amide bonds. The lowest BCUT2D eigenvalue weighted by atomic mass is 10.1. The van der Waals surface area contributed by atoms with E-state index in [2.05, 4.69) is 39.6 Å². The first-order valence-corrected chi connectivity index (χ1v) is 9.45. The standard InChI is InChI=1S/C20H18N4OS/c1-2-26-20-22-19-18(23-24-20)15-10-6-7-11-16(15)21-17(25-19)13-12-14-8-4-3-5-9-14/h3-13,17,21H,2H2,1H3/t17-/m0/s1. The Morgan fingerprint density at radius 2 is 1.88 bits per heavy atom. The highest BCUT2D eigenvalue weighted by Gasteiger charge is 2.23. The molecule has 0 spiro atoms. The Hall–Kier alpha value is -2.86. The first-order chi connectivity index (χ1) is 12.8. The highest BCUT2D eigenvalue weighted by molar-refractivity contribution is 7.99. The molecule has 3 aromatic rings. The average Bonchev–Trinajstić information content (AvgIpc) is 2.83. The van der Waals surface area contributed by atoms with Crippen molar-refractivity contribution in [1.29, 1.82) is 0 Å². The molecule has 1 N–H and O–H groups in total. The van der Waals surface area contributed by atoms with Crippen molar-refractivity contribution >= 4 is 23.5 Å². The minimum atomic E-state index is -0.353. The number of rotatable bonds is 4. The van der Waals surface area contributed by atoms with E-state index < -0.39 is 0 Å². The first-order valence-electron chi connectivity index (χ1n) is 8.47. The molecule has 0 unspecified atom stereocenters. The fourth-order valence-corrected chi connectivity index (χ4v) is 3.21. The smallest absolute Gasteiger partial charge is 0.247 e. The molecule has 26 heavy (non-hydrogen) atoms. The fourth-order valence-electron chi connectivity index (χ4n) is 2.71. The lowest BCUT2D eigenvalue weighted by molar-refractivity contribution is 0.266. The van der Waals surface area contributed by atoms with Crippen molar-refractivity contribution in [2.75, 3.05) is 11.1 Å². The summed E-state index contributed by atoms with van der Waals surface area (Å²) in [5.74, 6) is 1.38. The van der Waals surface area contributed by atoms with Crippen molar-refractivity contribution in [3.63, 3.8) is 0 Å². The Labute approximate surface area is 156 Å². The van der Waals surface area contributed by atoms with Crippen molar-refractivity contribution in [1.82, 2.24) is 15.2 Å². The summed E-state index contributed by atoms with van der Waals surface area (Å²) in [4.78, 5) is 4.56. The van der Waals surface area contributed by atoms with Gasteiger partial charge in [-0.15, -0.1) is 10.2 Å². The summed E-state index contributed by atoms with van der Waals surface area (Å²) in [6.45, 7) is 2.06. The molecule has 0 bridgehead atoms. The van der Waals surface area contributed by atoms with Gasteiger partial charge in [0.25, 0.3) is 0 Å². The second-order valence-electron chi connectivity index (χ2n) is 5.68. The van der Waals surface area contributed by atoms with Crippen LogP contribution in [-0.4, -0.2) is 27.2 Å². The van der Waals surface area contributed by atoms with E-state index in [1.807, 2.05) is 54.6 Å². The summed E-state index contributed by atoms with van der Waals surface area (Å²) in [5.41, 5.74) is 3.65. The van der Waals surface area contributed by atoms with E-state index in [9.17, 15) is 0 Å². The van der Waals surface area contributed by atoms with Crippen molar-refractivity contribution < 1.29 is 4.74 Å². The van der Waals surface area contributed by atoms with E-state index in [1.54, 1.807) is 11.8 Å². The molecule has 1 aliphatic rings. The van der Waals surface area contributed by atoms with E-state index >= 15 is 0 Å². The molecular weight excluding hydrogens is 344 g/mol. The summed E-state index contributed by atoms with van der Waals surface area (Å²) in [6, 6.07) is 18.1. The quantitative estimate of drug-likeness (QED) is 0.690. The molecule has 2 heterocycles. The minimum Gasteiger partial charge on any atom is -0.448 e. The van der Waals surface area contributed by atoms with Crippen LogP contribution in [0.4, 0.5) is 5.69 Å². The third-order valence-electron chi connectivity index (χ3n) is 3.89. The van der Waals surface area contributed by atoms with Gasteiger partial charge in [-0.1, -0.05) is 73.3 Å². The van der Waals surface area contributed by atoms with Crippen LogP contribution in [-0.2, 0) is 0 Å². The number of fused-ring (bicyclic) bond motifs is 3. The third-order valence-corrected chi connectivity index (χ3v) is 4.61. The highest BCUT2D eigenvalue weighted by atomic mass is 32.2. The molecule has 1 aromatic heterocycles. The van der Waals surface area contributed by atoms with Gasteiger partial charge in [-0.3, -0.25) is 0 Å². The molecule has 4 rings (SSSR count). The van der Waals surface area contributed by atoms with Gasteiger partial charge >= 0.3 is 0 Å². The predicted octanol–water partition coefficient (Wildman–Crippen LogP) is 4.49. The third kappa shape index (κ3) is 3.55. The molecule has 5 nitrogen and oxygen atoms in total. The maximum atomic E-state index is 6.12. The minimum absolute atomic E-state index is 0.353.